The zero-order valence-corrected chi connectivity index (χ0v) is 17.0. The molecule has 2 amide bonds. The Kier molecular flexibility index (Phi) is 7.43. The number of likely N-dealkylation sites (tertiary alicyclic amines) is 1. The molecule has 1 aliphatic heterocycles. The van der Waals surface area contributed by atoms with Crippen LogP contribution in [0.2, 0.25) is 0 Å². The fourth-order valence-corrected chi connectivity index (χ4v) is 3.51. The van der Waals surface area contributed by atoms with Crippen LogP contribution in [0.4, 0.5) is 4.79 Å². The molecule has 30 heavy (non-hydrogen) atoms. The number of hydrogen-bond donors (Lipinski definition) is 1. The van der Waals surface area contributed by atoms with E-state index >= 15 is 0 Å². The summed E-state index contributed by atoms with van der Waals surface area (Å²) in [4.78, 5) is 39.0. The van der Waals surface area contributed by atoms with Gasteiger partial charge in [0.1, 0.15) is 18.7 Å². The molecule has 3 rings (SSSR count). The second kappa shape index (κ2) is 10.4. The predicted octanol–water partition coefficient (Wildman–Crippen LogP) is 2.69. The number of esters is 1. The normalized spacial score (nSPS) is 16.6. The summed E-state index contributed by atoms with van der Waals surface area (Å²) in [6.45, 7) is 0.580. The molecule has 158 valence electrons. The zero-order chi connectivity index (χ0) is 21.3. The van der Waals surface area contributed by atoms with Gasteiger partial charge in [-0.3, -0.25) is 9.69 Å². The van der Waals surface area contributed by atoms with E-state index in [4.69, 9.17) is 9.47 Å². The van der Waals surface area contributed by atoms with Crippen molar-refractivity contribution in [3.8, 4) is 0 Å². The average molecular weight is 410 g/mol. The highest BCUT2D eigenvalue weighted by molar-refractivity contribution is 5.90. The van der Waals surface area contributed by atoms with Gasteiger partial charge in [0.15, 0.2) is 0 Å². The molecule has 0 radical (unpaired) electrons. The molecule has 1 heterocycles. The van der Waals surface area contributed by atoms with Crippen molar-refractivity contribution in [2.75, 3.05) is 13.7 Å². The van der Waals surface area contributed by atoms with Gasteiger partial charge < -0.3 is 14.8 Å². The van der Waals surface area contributed by atoms with Crippen LogP contribution in [0.3, 0.4) is 0 Å². The molecule has 7 nitrogen and oxygen atoms in total. The smallest absolute Gasteiger partial charge is 0.410 e. The Hall–Kier alpha value is -3.35. The van der Waals surface area contributed by atoms with Crippen molar-refractivity contribution in [3.63, 3.8) is 0 Å². The molecule has 0 aliphatic carbocycles. The van der Waals surface area contributed by atoms with Crippen LogP contribution >= 0.6 is 0 Å². The van der Waals surface area contributed by atoms with Crippen LogP contribution in [0.25, 0.3) is 0 Å². The van der Waals surface area contributed by atoms with E-state index in [0.717, 1.165) is 11.1 Å². The minimum atomic E-state index is -0.826. The predicted molar refractivity (Wildman–Crippen MR) is 110 cm³/mol. The first kappa shape index (κ1) is 21.4. The molecule has 0 spiro atoms. The number of methoxy groups -OCH3 is 1. The van der Waals surface area contributed by atoms with Gasteiger partial charge in [0.2, 0.25) is 5.91 Å². The van der Waals surface area contributed by atoms with E-state index in [1.807, 2.05) is 60.7 Å². The van der Waals surface area contributed by atoms with Gasteiger partial charge in [-0.1, -0.05) is 60.7 Å². The Labute approximate surface area is 176 Å². The lowest BCUT2D eigenvalue weighted by atomic mass is 10.1. The van der Waals surface area contributed by atoms with Crippen molar-refractivity contribution >= 4 is 18.0 Å². The fraction of sp³-hybridized carbons (Fsp3) is 0.348. The summed E-state index contributed by atoms with van der Waals surface area (Å²) in [6, 6.07) is 17.2. The zero-order valence-electron chi connectivity index (χ0n) is 17.0. The number of hydrogen-bond acceptors (Lipinski definition) is 5. The molecular formula is C23H26N2O5. The topological polar surface area (TPSA) is 84.9 Å². The molecular weight excluding hydrogens is 384 g/mol. The number of nitrogens with one attached hydrogen (secondary N) is 1. The fourth-order valence-electron chi connectivity index (χ4n) is 3.51. The van der Waals surface area contributed by atoms with E-state index in [1.54, 1.807) is 0 Å². The van der Waals surface area contributed by atoms with E-state index < -0.39 is 24.1 Å². The summed E-state index contributed by atoms with van der Waals surface area (Å²) >= 11 is 0. The number of benzene rings is 2. The molecule has 1 saturated heterocycles. The third-order valence-corrected chi connectivity index (χ3v) is 5.08. The maximum Gasteiger partial charge on any atom is 0.410 e. The molecule has 1 aliphatic rings. The number of amides is 2. The van der Waals surface area contributed by atoms with Crippen LogP contribution < -0.4 is 5.32 Å². The molecule has 0 unspecified atom stereocenters. The lowest BCUT2D eigenvalue weighted by Gasteiger charge is -2.25. The maximum atomic E-state index is 12.9. The summed E-state index contributed by atoms with van der Waals surface area (Å²) < 4.78 is 10.2. The summed E-state index contributed by atoms with van der Waals surface area (Å²) in [5, 5.41) is 2.75. The second-order valence-electron chi connectivity index (χ2n) is 7.17. The van der Waals surface area contributed by atoms with Crippen molar-refractivity contribution < 1.29 is 23.9 Å². The van der Waals surface area contributed by atoms with Crippen LogP contribution in [-0.4, -0.2) is 48.6 Å². The van der Waals surface area contributed by atoms with Gasteiger partial charge in [-0.15, -0.1) is 0 Å². The third-order valence-electron chi connectivity index (χ3n) is 5.08. The van der Waals surface area contributed by atoms with Gasteiger partial charge in [0, 0.05) is 13.0 Å². The van der Waals surface area contributed by atoms with Gasteiger partial charge in [0.25, 0.3) is 0 Å². The Balaban J connectivity index is 1.61. The molecule has 7 heteroatoms. The summed E-state index contributed by atoms with van der Waals surface area (Å²) in [5.41, 5.74) is 1.78. The summed E-state index contributed by atoms with van der Waals surface area (Å²) in [5.74, 6) is -0.904. The average Bonchev–Trinajstić information content (AvgIpc) is 3.28. The van der Waals surface area contributed by atoms with E-state index in [2.05, 4.69) is 5.32 Å². The molecule has 2 aromatic carbocycles. The first-order valence-electron chi connectivity index (χ1n) is 9.98. The SMILES string of the molecule is COC(=O)[C@@H](Cc1ccccc1)NC(=O)[C@H]1CCCN1C(=O)OCc1ccccc1. The van der Waals surface area contributed by atoms with Crippen LogP contribution in [0.5, 0.6) is 0 Å². The van der Waals surface area contributed by atoms with Crippen LogP contribution in [0.1, 0.15) is 24.0 Å². The number of carbonyl (C=O) groups is 3. The number of ether oxygens (including phenoxy) is 2. The van der Waals surface area contributed by atoms with Crippen molar-refractivity contribution in [2.45, 2.75) is 38.0 Å². The maximum absolute atomic E-state index is 12.9. The minimum Gasteiger partial charge on any atom is -0.467 e. The third kappa shape index (κ3) is 5.59. The van der Waals surface area contributed by atoms with Crippen molar-refractivity contribution in [1.82, 2.24) is 10.2 Å². The lowest BCUT2D eigenvalue weighted by molar-refractivity contribution is -0.145. The summed E-state index contributed by atoms with van der Waals surface area (Å²) in [7, 11) is 1.29. The minimum absolute atomic E-state index is 0.142. The molecule has 0 aromatic heterocycles. The standard InChI is InChI=1S/C23H26N2O5/c1-29-22(27)19(15-17-9-4-2-5-10-17)24-21(26)20-13-8-14-25(20)23(28)30-16-18-11-6-3-7-12-18/h2-7,9-12,19-20H,8,13-16H2,1H3,(H,24,26)/t19-,20-/m1/s1. The second-order valence-corrected chi connectivity index (χ2v) is 7.17. The highest BCUT2D eigenvalue weighted by Gasteiger charge is 2.37. The van der Waals surface area contributed by atoms with Gasteiger partial charge in [-0.05, 0) is 24.0 Å². The molecule has 1 fully saturated rings. The first-order chi connectivity index (χ1) is 14.6. The number of rotatable bonds is 7. The van der Waals surface area contributed by atoms with Crippen LogP contribution in [0.15, 0.2) is 60.7 Å². The van der Waals surface area contributed by atoms with E-state index in [-0.39, 0.29) is 12.5 Å². The molecule has 1 N–H and O–H groups in total. The van der Waals surface area contributed by atoms with E-state index in [9.17, 15) is 14.4 Å². The van der Waals surface area contributed by atoms with Crippen molar-refractivity contribution in [2.24, 2.45) is 0 Å². The highest BCUT2D eigenvalue weighted by atomic mass is 16.6. The quantitative estimate of drug-likeness (QED) is 0.710. The van der Waals surface area contributed by atoms with Crippen LogP contribution in [-0.2, 0) is 32.1 Å². The van der Waals surface area contributed by atoms with Gasteiger partial charge in [-0.2, -0.15) is 0 Å². The van der Waals surface area contributed by atoms with Gasteiger partial charge in [0.05, 0.1) is 7.11 Å². The first-order valence-corrected chi connectivity index (χ1v) is 9.98. The molecule has 2 atom stereocenters. The number of nitrogens with zero attached hydrogens (tertiary/aromatic N) is 1. The number of carbonyl (C=O) groups excluding carboxylic acids is 3. The van der Waals surface area contributed by atoms with Gasteiger partial charge >= 0.3 is 12.1 Å². The molecule has 2 aromatic rings. The van der Waals surface area contributed by atoms with E-state index in [0.29, 0.717) is 25.8 Å². The van der Waals surface area contributed by atoms with Gasteiger partial charge in [-0.25, -0.2) is 9.59 Å². The Bertz CT molecular complexity index is 856. The Morgan fingerprint density at radius 2 is 1.67 bits per heavy atom. The monoisotopic (exact) mass is 410 g/mol. The summed E-state index contributed by atoms with van der Waals surface area (Å²) in [6.07, 6.45) is 0.991. The Morgan fingerprint density at radius 1 is 1.03 bits per heavy atom. The highest BCUT2D eigenvalue weighted by Crippen LogP contribution is 2.19. The molecule has 0 bridgehead atoms. The van der Waals surface area contributed by atoms with Crippen molar-refractivity contribution in [1.29, 1.82) is 0 Å². The van der Waals surface area contributed by atoms with Crippen LogP contribution in [0, 0.1) is 0 Å². The van der Waals surface area contributed by atoms with E-state index in [1.165, 1.54) is 12.0 Å². The lowest BCUT2D eigenvalue weighted by Crippen LogP contribution is -2.51. The molecule has 0 saturated carbocycles. The Morgan fingerprint density at radius 3 is 2.30 bits per heavy atom. The van der Waals surface area contributed by atoms with Crippen molar-refractivity contribution in [3.05, 3.63) is 71.8 Å². The largest absolute Gasteiger partial charge is 0.467 e.